The molecule has 1 heterocycles. The van der Waals surface area contributed by atoms with Crippen LogP contribution in [0.3, 0.4) is 0 Å². The molecule has 0 amide bonds. The second-order valence-electron chi connectivity index (χ2n) is 3.46. The van der Waals surface area contributed by atoms with Gasteiger partial charge < -0.3 is 5.32 Å². The number of nitrogens with one attached hydrogen (secondary N) is 1. The minimum absolute atomic E-state index is 0.587. The summed E-state index contributed by atoms with van der Waals surface area (Å²) >= 11 is 0. The first-order valence-corrected chi connectivity index (χ1v) is 6.74. The molecule has 0 spiro atoms. The van der Waals surface area contributed by atoms with Gasteiger partial charge in [0.1, 0.15) is 0 Å². The summed E-state index contributed by atoms with van der Waals surface area (Å²) in [4.78, 5) is 8.53. The molecule has 0 aliphatic carbocycles. The van der Waals surface area contributed by atoms with E-state index < -0.39 is 10.8 Å². The molecule has 0 aliphatic heterocycles. The fourth-order valence-corrected chi connectivity index (χ4v) is 1.75. The molecule has 4 nitrogen and oxygen atoms in total. The predicted molar refractivity (Wildman–Crippen MR) is 67.0 cm³/mol. The van der Waals surface area contributed by atoms with E-state index in [0.717, 1.165) is 10.9 Å². The van der Waals surface area contributed by atoms with E-state index in [9.17, 15) is 4.21 Å². The van der Waals surface area contributed by atoms with E-state index >= 15 is 0 Å². The number of benzene rings is 1. The van der Waals surface area contributed by atoms with Crippen LogP contribution in [0.2, 0.25) is 0 Å². The van der Waals surface area contributed by atoms with Crippen molar-refractivity contribution in [2.24, 2.45) is 0 Å². The van der Waals surface area contributed by atoms with Crippen molar-refractivity contribution in [3.63, 3.8) is 0 Å². The molecule has 2 rings (SSSR count). The monoisotopic (exact) mass is 235 g/mol. The van der Waals surface area contributed by atoms with Crippen LogP contribution in [0.5, 0.6) is 0 Å². The summed E-state index contributed by atoms with van der Waals surface area (Å²) in [5, 5.41) is 4.07. The van der Waals surface area contributed by atoms with Crippen LogP contribution in [-0.2, 0) is 10.8 Å². The third-order valence-electron chi connectivity index (χ3n) is 2.16. The molecule has 0 bridgehead atoms. The highest BCUT2D eigenvalue weighted by molar-refractivity contribution is 7.84. The van der Waals surface area contributed by atoms with E-state index in [1.807, 2.05) is 24.3 Å². The zero-order chi connectivity index (χ0) is 11.4. The molecular weight excluding hydrogens is 222 g/mol. The zero-order valence-electron chi connectivity index (χ0n) is 9.01. The summed E-state index contributed by atoms with van der Waals surface area (Å²) in [7, 11) is -0.784. The van der Waals surface area contributed by atoms with Crippen molar-refractivity contribution in [3.8, 4) is 0 Å². The van der Waals surface area contributed by atoms with Crippen LogP contribution in [0.4, 0.5) is 5.95 Å². The molecule has 84 valence electrons. The minimum atomic E-state index is -0.784. The summed E-state index contributed by atoms with van der Waals surface area (Å²) in [6.07, 6.45) is 3.47. The lowest BCUT2D eigenvalue weighted by molar-refractivity contribution is 0.687. The fraction of sp³-hybridized carbons (Fsp3) is 0.273. The molecule has 5 heteroatoms. The number of nitrogens with zero attached hydrogens (tertiary/aromatic N) is 2. The molecule has 1 unspecified atom stereocenters. The van der Waals surface area contributed by atoms with Crippen LogP contribution in [0.15, 0.2) is 30.5 Å². The molecule has 0 aliphatic rings. The molecule has 0 radical (unpaired) electrons. The van der Waals surface area contributed by atoms with Gasteiger partial charge in [0.15, 0.2) is 0 Å². The van der Waals surface area contributed by atoms with Crippen molar-refractivity contribution in [1.29, 1.82) is 0 Å². The van der Waals surface area contributed by atoms with Crippen molar-refractivity contribution >= 4 is 27.7 Å². The zero-order valence-corrected chi connectivity index (χ0v) is 9.83. The summed E-state index contributed by atoms with van der Waals surface area (Å²) in [5.74, 6) is 1.19. The fourth-order valence-electron chi connectivity index (χ4n) is 1.36. The normalized spacial score (nSPS) is 12.6. The second-order valence-corrected chi connectivity index (χ2v) is 5.01. The minimum Gasteiger partial charge on any atom is -0.353 e. The maximum atomic E-state index is 10.9. The van der Waals surface area contributed by atoms with Crippen LogP contribution in [0, 0.1) is 0 Å². The lowest BCUT2D eigenvalue weighted by Gasteiger charge is -2.04. The number of fused-ring (bicyclic) bond motifs is 1. The standard InChI is InChI=1S/C11H13N3OS/c1-16(15)7-6-12-11-13-8-9-4-2-3-5-10(9)14-11/h2-5,8H,6-7H2,1H3,(H,12,13,14). The topological polar surface area (TPSA) is 54.9 Å². The molecule has 0 fully saturated rings. The number of hydrogen-bond donors (Lipinski definition) is 1. The third kappa shape index (κ3) is 2.76. The van der Waals surface area contributed by atoms with Crippen LogP contribution >= 0.6 is 0 Å². The number of rotatable bonds is 4. The Labute approximate surface area is 96.6 Å². The summed E-state index contributed by atoms with van der Waals surface area (Å²) in [6, 6.07) is 7.82. The highest BCUT2D eigenvalue weighted by atomic mass is 32.2. The molecule has 0 saturated heterocycles. The van der Waals surface area contributed by atoms with Gasteiger partial charge >= 0.3 is 0 Å². The summed E-state index contributed by atoms with van der Waals surface area (Å²) in [5.41, 5.74) is 0.914. The molecule has 0 saturated carbocycles. The van der Waals surface area contributed by atoms with Gasteiger partial charge in [0.05, 0.1) is 5.52 Å². The maximum Gasteiger partial charge on any atom is 0.223 e. The van der Waals surface area contributed by atoms with E-state index in [1.165, 1.54) is 0 Å². The van der Waals surface area contributed by atoms with Crippen LogP contribution < -0.4 is 5.32 Å². The molecule has 1 atom stereocenters. The van der Waals surface area contributed by atoms with Crippen LogP contribution in [-0.4, -0.2) is 32.7 Å². The maximum absolute atomic E-state index is 10.9. The molecular formula is C11H13N3OS. The van der Waals surface area contributed by atoms with Gasteiger partial charge in [-0.25, -0.2) is 9.97 Å². The smallest absolute Gasteiger partial charge is 0.223 e. The Kier molecular flexibility index (Phi) is 3.46. The first-order valence-electron chi connectivity index (χ1n) is 5.01. The first kappa shape index (κ1) is 11.0. The Balaban J connectivity index is 2.10. The Bertz CT molecular complexity index is 515. The Morgan fingerprint density at radius 1 is 1.38 bits per heavy atom. The largest absolute Gasteiger partial charge is 0.353 e. The second kappa shape index (κ2) is 5.03. The van der Waals surface area contributed by atoms with Gasteiger partial charge in [0.2, 0.25) is 5.95 Å². The lowest BCUT2D eigenvalue weighted by atomic mass is 10.2. The quantitative estimate of drug-likeness (QED) is 0.870. The first-order chi connectivity index (χ1) is 7.75. The van der Waals surface area contributed by atoms with Gasteiger partial charge in [-0.15, -0.1) is 0 Å². The van der Waals surface area contributed by atoms with Crippen molar-refractivity contribution in [3.05, 3.63) is 30.5 Å². The van der Waals surface area contributed by atoms with E-state index in [2.05, 4.69) is 15.3 Å². The summed E-state index contributed by atoms with van der Waals surface area (Å²) in [6.45, 7) is 0.626. The lowest BCUT2D eigenvalue weighted by Crippen LogP contribution is -2.11. The van der Waals surface area contributed by atoms with Gasteiger partial charge in [-0.3, -0.25) is 4.21 Å². The van der Waals surface area contributed by atoms with E-state index in [4.69, 9.17) is 0 Å². The van der Waals surface area contributed by atoms with Gasteiger partial charge in [-0.2, -0.15) is 0 Å². The average molecular weight is 235 g/mol. The Morgan fingerprint density at radius 2 is 2.19 bits per heavy atom. The van der Waals surface area contributed by atoms with Crippen molar-refractivity contribution in [1.82, 2.24) is 9.97 Å². The van der Waals surface area contributed by atoms with Crippen molar-refractivity contribution in [2.45, 2.75) is 0 Å². The van der Waals surface area contributed by atoms with Gasteiger partial charge in [0, 0.05) is 40.9 Å². The van der Waals surface area contributed by atoms with Crippen LogP contribution in [0.25, 0.3) is 10.9 Å². The van der Waals surface area contributed by atoms with E-state index in [-0.39, 0.29) is 0 Å². The van der Waals surface area contributed by atoms with E-state index in [0.29, 0.717) is 18.2 Å². The van der Waals surface area contributed by atoms with Crippen LogP contribution in [0.1, 0.15) is 0 Å². The molecule has 1 aromatic carbocycles. The third-order valence-corrected chi connectivity index (χ3v) is 2.94. The average Bonchev–Trinajstić information content (AvgIpc) is 2.28. The number of hydrogen-bond acceptors (Lipinski definition) is 4. The number of aromatic nitrogens is 2. The van der Waals surface area contributed by atoms with Gasteiger partial charge in [0.25, 0.3) is 0 Å². The van der Waals surface area contributed by atoms with Crippen molar-refractivity contribution in [2.75, 3.05) is 23.9 Å². The SMILES string of the molecule is CS(=O)CCNc1ncc2ccccc2n1. The predicted octanol–water partition coefficient (Wildman–Crippen LogP) is 1.42. The highest BCUT2D eigenvalue weighted by Crippen LogP contribution is 2.11. The molecule has 16 heavy (non-hydrogen) atoms. The number of para-hydroxylation sites is 1. The highest BCUT2D eigenvalue weighted by Gasteiger charge is 1.98. The molecule has 2 aromatic rings. The molecule has 1 N–H and O–H groups in total. The van der Waals surface area contributed by atoms with Crippen molar-refractivity contribution < 1.29 is 4.21 Å². The number of anilines is 1. The van der Waals surface area contributed by atoms with E-state index in [1.54, 1.807) is 12.5 Å². The Hall–Kier alpha value is -1.49. The van der Waals surface area contributed by atoms with Gasteiger partial charge in [-0.1, -0.05) is 18.2 Å². The Morgan fingerprint density at radius 3 is 3.00 bits per heavy atom. The summed E-state index contributed by atoms with van der Waals surface area (Å²) < 4.78 is 10.9. The molecule has 1 aromatic heterocycles. The van der Waals surface area contributed by atoms with Gasteiger partial charge in [-0.05, 0) is 6.07 Å².